The molecule has 0 aromatic heterocycles. The highest BCUT2D eigenvalue weighted by molar-refractivity contribution is 6.33. The molecule has 1 aromatic carbocycles. The van der Waals surface area contributed by atoms with E-state index in [2.05, 4.69) is 12.2 Å². The van der Waals surface area contributed by atoms with Gasteiger partial charge in [-0.3, -0.25) is 0 Å². The monoisotopic (exact) mass is 237 g/mol. The summed E-state index contributed by atoms with van der Waals surface area (Å²) in [6.07, 6.45) is 3.26. The van der Waals surface area contributed by atoms with Gasteiger partial charge in [-0.25, -0.2) is 0 Å². The number of hydrogen-bond acceptors (Lipinski definition) is 2. The molecule has 0 saturated carbocycles. The summed E-state index contributed by atoms with van der Waals surface area (Å²) in [6.45, 7) is 3.32. The van der Waals surface area contributed by atoms with Crippen LogP contribution in [-0.4, -0.2) is 17.7 Å². The Bertz CT molecular complexity index is 446. The summed E-state index contributed by atoms with van der Waals surface area (Å²) in [5.41, 5.74) is 2.62. The summed E-state index contributed by atoms with van der Waals surface area (Å²) < 4.78 is 0. The van der Waals surface area contributed by atoms with Crippen LogP contribution in [0.15, 0.2) is 12.1 Å². The predicted molar refractivity (Wildman–Crippen MR) is 65.2 cm³/mol. The van der Waals surface area contributed by atoms with Crippen molar-refractivity contribution in [2.24, 2.45) is 0 Å². The molecular formula is C13H16ClNO. The van der Waals surface area contributed by atoms with E-state index < -0.39 is 0 Å². The maximum atomic E-state index is 9.74. The zero-order valence-electron chi connectivity index (χ0n) is 9.39. The highest BCUT2D eigenvalue weighted by atomic mass is 35.5. The molecule has 2 N–H and O–H groups in total. The maximum absolute atomic E-state index is 9.74. The topological polar surface area (TPSA) is 32.3 Å². The Morgan fingerprint density at radius 2 is 2.31 bits per heavy atom. The Balaban J connectivity index is 2.21. The Labute approximate surface area is 101 Å². The van der Waals surface area contributed by atoms with Gasteiger partial charge in [0.25, 0.3) is 0 Å². The molecule has 3 rings (SSSR count). The van der Waals surface area contributed by atoms with E-state index in [4.69, 9.17) is 11.6 Å². The van der Waals surface area contributed by atoms with Crippen LogP contribution >= 0.6 is 11.6 Å². The molecule has 0 radical (unpaired) electrons. The summed E-state index contributed by atoms with van der Waals surface area (Å²) in [7, 11) is 0. The van der Waals surface area contributed by atoms with E-state index in [1.54, 1.807) is 6.07 Å². The SMILES string of the molecule is C[C@]12CCN[C@H](Cc3ccc(O)c(Cl)c31)C2. The third-order valence-corrected chi connectivity index (χ3v) is 4.47. The highest BCUT2D eigenvalue weighted by Crippen LogP contribution is 2.47. The van der Waals surface area contributed by atoms with Crippen molar-refractivity contribution in [2.75, 3.05) is 6.54 Å². The van der Waals surface area contributed by atoms with Crippen LogP contribution in [0.2, 0.25) is 5.02 Å². The molecule has 86 valence electrons. The number of fused-ring (bicyclic) bond motifs is 4. The lowest BCUT2D eigenvalue weighted by Gasteiger charge is -2.45. The van der Waals surface area contributed by atoms with Crippen molar-refractivity contribution in [3.63, 3.8) is 0 Å². The molecule has 2 bridgehead atoms. The van der Waals surface area contributed by atoms with Crippen molar-refractivity contribution in [1.82, 2.24) is 5.32 Å². The molecule has 0 spiro atoms. The molecule has 1 saturated heterocycles. The molecule has 0 unspecified atom stereocenters. The molecule has 0 amide bonds. The molecule has 16 heavy (non-hydrogen) atoms. The van der Waals surface area contributed by atoms with E-state index >= 15 is 0 Å². The second-order valence-corrected chi connectivity index (χ2v) is 5.68. The van der Waals surface area contributed by atoms with Crippen LogP contribution in [0.4, 0.5) is 0 Å². The fourth-order valence-corrected chi connectivity index (χ4v) is 3.75. The number of aromatic hydroxyl groups is 1. The zero-order valence-corrected chi connectivity index (χ0v) is 10.1. The average Bonchev–Trinajstić information content (AvgIpc) is 2.22. The van der Waals surface area contributed by atoms with Crippen molar-refractivity contribution >= 4 is 11.6 Å². The van der Waals surface area contributed by atoms with Crippen molar-refractivity contribution < 1.29 is 5.11 Å². The van der Waals surface area contributed by atoms with Crippen LogP contribution in [0.5, 0.6) is 5.75 Å². The van der Waals surface area contributed by atoms with E-state index in [1.807, 2.05) is 6.07 Å². The predicted octanol–water partition coefficient (Wildman–Crippen LogP) is 2.61. The zero-order chi connectivity index (χ0) is 11.3. The van der Waals surface area contributed by atoms with E-state index in [0.29, 0.717) is 11.1 Å². The molecule has 2 aliphatic rings. The van der Waals surface area contributed by atoms with Gasteiger partial charge in [-0.1, -0.05) is 24.6 Å². The molecule has 3 heteroatoms. The van der Waals surface area contributed by atoms with Crippen LogP contribution in [0.3, 0.4) is 0 Å². The van der Waals surface area contributed by atoms with Crippen molar-refractivity contribution in [3.05, 3.63) is 28.3 Å². The number of nitrogens with one attached hydrogen (secondary N) is 1. The highest BCUT2D eigenvalue weighted by Gasteiger charge is 2.41. The Morgan fingerprint density at radius 3 is 3.12 bits per heavy atom. The average molecular weight is 238 g/mol. The Morgan fingerprint density at radius 1 is 1.50 bits per heavy atom. The summed E-state index contributed by atoms with van der Waals surface area (Å²) >= 11 is 6.28. The van der Waals surface area contributed by atoms with Crippen LogP contribution in [-0.2, 0) is 11.8 Å². The van der Waals surface area contributed by atoms with Gasteiger partial charge < -0.3 is 10.4 Å². The van der Waals surface area contributed by atoms with Crippen LogP contribution in [0.25, 0.3) is 0 Å². The number of rotatable bonds is 0. The van der Waals surface area contributed by atoms with Crippen LogP contribution in [0.1, 0.15) is 30.9 Å². The minimum absolute atomic E-state index is 0.138. The lowest BCUT2D eigenvalue weighted by Crippen LogP contribution is -2.49. The number of phenolic OH excluding ortho intramolecular Hbond substituents is 1. The van der Waals surface area contributed by atoms with Gasteiger partial charge in [0.2, 0.25) is 0 Å². The maximum Gasteiger partial charge on any atom is 0.134 e. The lowest BCUT2D eigenvalue weighted by molar-refractivity contribution is 0.249. The van der Waals surface area contributed by atoms with E-state index in [1.165, 1.54) is 11.1 Å². The van der Waals surface area contributed by atoms with E-state index in [0.717, 1.165) is 25.8 Å². The number of halogens is 1. The number of benzene rings is 1. The first-order chi connectivity index (χ1) is 7.60. The van der Waals surface area contributed by atoms with Gasteiger partial charge in [-0.15, -0.1) is 0 Å². The standard InChI is InChI=1S/C13H16ClNO/c1-13-4-5-15-9(7-13)6-8-2-3-10(16)12(14)11(8)13/h2-3,9,15-16H,4-7H2,1H3/t9-,13-/m1/s1. The summed E-state index contributed by atoms with van der Waals surface area (Å²) in [5.74, 6) is 0.221. The minimum Gasteiger partial charge on any atom is -0.506 e. The van der Waals surface area contributed by atoms with Crippen LogP contribution < -0.4 is 5.32 Å². The van der Waals surface area contributed by atoms with Gasteiger partial charge in [0.05, 0.1) is 5.02 Å². The molecule has 2 nitrogen and oxygen atoms in total. The van der Waals surface area contributed by atoms with Gasteiger partial charge in [0, 0.05) is 6.04 Å². The van der Waals surface area contributed by atoms with Gasteiger partial charge >= 0.3 is 0 Å². The number of hydrogen-bond donors (Lipinski definition) is 2. The fourth-order valence-electron chi connectivity index (χ4n) is 3.33. The normalized spacial score (nSPS) is 32.2. The molecule has 1 aromatic rings. The summed E-state index contributed by atoms with van der Waals surface area (Å²) in [5, 5.41) is 13.9. The second kappa shape index (κ2) is 3.38. The molecule has 1 heterocycles. The quantitative estimate of drug-likeness (QED) is 0.727. The van der Waals surface area contributed by atoms with Crippen molar-refractivity contribution in [3.8, 4) is 5.75 Å². The van der Waals surface area contributed by atoms with Gasteiger partial charge in [0.15, 0.2) is 0 Å². The van der Waals surface area contributed by atoms with Crippen LogP contribution in [0, 0.1) is 0 Å². The molecule has 1 aliphatic carbocycles. The largest absolute Gasteiger partial charge is 0.506 e. The second-order valence-electron chi connectivity index (χ2n) is 5.30. The summed E-state index contributed by atoms with van der Waals surface area (Å²) in [6, 6.07) is 4.31. The first-order valence-corrected chi connectivity index (χ1v) is 6.22. The molecular weight excluding hydrogens is 222 g/mol. The Hall–Kier alpha value is -0.730. The van der Waals surface area contributed by atoms with E-state index in [-0.39, 0.29) is 11.2 Å². The smallest absolute Gasteiger partial charge is 0.134 e. The molecule has 1 aliphatic heterocycles. The van der Waals surface area contributed by atoms with Gasteiger partial charge in [0.1, 0.15) is 5.75 Å². The molecule has 1 fully saturated rings. The first kappa shape index (κ1) is 10.4. The summed E-state index contributed by atoms with van der Waals surface area (Å²) in [4.78, 5) is 0. The van der Waals surface area contributed by atoms with E-state index in [9.17, 15) is 5.11 Å². The Kier molecular flexibility index (Phi) is 2.20. The fraction of sp³-hybridized carbons (Fsp3) is 0.538. The number of piperidine rings is 1. The lowest BCUT2D eigenvalue weighted by atomic mass is 9.65. The third-order valence-electron chi connectivity index (χ3n) is 4.08. The number of phenols is 1. The van der Waals surface area contributed by atoms with Gasteiger partial charge in [-0.2, -0.15) is 0 Å². The van der Waals surface area contributed by atoms with Crippen molar-refractivity contribution in [2.45, 2.75) is 37.6 Å². The minimum atomic E-state index is 0.138. The molecule has 2 atom stereocenters. The van der Waals surface area contributed by atoms with Crippen molar-refractivity contribution in [1.29, 1.82) is 0 Å². The third kappa shape index (κ3) is 1.36. The van der Waals surface area contributed by atoms with Gasteiger partial charge in [-0.05, 0) is 48.4 Å². The first-order valence-electron chi connectivity index (χ1n) is 5.84.